The van der Waals surface area contributed by atoms with Crippen molar-refractivity contribution in [1.82, 2.24) is 9.21 Å². The smallest absolute Gasteiger partial charge is 0.247 e. The number of ether oxygens (including phenoxy) is 1. The Hall–Kier alpha value is -1.60. The highest BCUT2D eigenvalue weighted by atomic mass is 32.2. The van der Waals surface area contributed by atoms with Gasteiger partial charge in [0.25, 0.3) is 0 Å². The molecule has 3 rings (SSSR count). The molecule has 0 N–H and O–H groups in total. The fraction of sp³-hybridized carbons (Fsp3) is 0.588. The molecule has 1 saturated heterocycles. The number of amides is 1. The van der Waals surface area contributed by atoms with Gasteiger partial charge in [-0.3, -0.25) is 4.79 Å². The summed E-state index contributed by atoms with van der Waals surface area (Å²) < 4.78 is 33.8. The summed E-state index contributed by atoms with van der Waals surface area (Å²) in [7, 11) is -3.59. The van der Waals surface area contributed by atoms with E-state index in [1.165, 1.54) is 0 Å². The maximum Gasteiger partial charge on any atom is 0.247 e. The van der Waals surface area contributed by atoms with Gasteiger partial charge in [0.15, 0.2) is 0 Å². The highest BCUT2D eigenvalue weighted by molar-refractivity contribution is 7.89. The van der Waals surface area contributed by atoms with E-state index in [1.807, 2.05) is 18.7 Å². The summed E-state index contributed by atoms with van der Waals surface area (Å²) in [4.78, 5) is 14.1. The van der Waals surface area contributed by atoms with Crippen LogP contribution in [0.15, 0.2) is 29.2 Å². The first-order valence-electron chi connectivity index (χ1n) is 8.54. The average molecular weight is 352 g/mol. The van der Waals surface area contributed by atoms with E-state index in [-0.39, 0.29) is 22.9 Å². The molecule has 0 spiro atoms. The van der Waals surface area contributed by atoms with Gasteiger partial charge < -0.3 is 9.64 Å². The van der Waals surface area contributed by atoms with E-state index in [9.17, 15) is 13.2 Å². The van der Waals surface area contributed by atoms with Crippen molar-refractivity contribution in [3.63, 3.8) is 0 Å². The minimum Gasteiger partial charge on any atom is -0.487 e. The largest absolute Gasteiger partial charge is 0.487 e. The number of likely N-dealkylation sites (tertiary alicyclic amines) is 1. The molecule has 0 bridgehead atoms. The molecule has 1 aromatic carbocycles. The molecule has 2 heterocycles. The molecule has 0 saturated carbocycles. The Kier molecular flexibility index (Phi) is 4.83. The van der Waals surface area contributed by atoms with Crippen LogP contribution in [-0.2, 0) is 14.8 Å². The normalized spacial score (nSPS) is 26.5. The van der Waals surface area contributed by atoms with Crippen LogP contribution in [-0.4, -0.2) is 55.3 Å². The van der Waals surface area contributed by atoms with Gasteiger partial charge in [-0.1, -0.05) is 26.0 Å². The van der Waals surface area contributed by atoms with Gasteiger partial charge in [0.2, 0.25) is 15.9 Å². The summed E-state index contributed by atoms with van der Waals surface area (Å²) in [6.07, 6.45) is 1.46. The number of nitrogens with zero attached hydrogens (tertiary/aromatic N) is 2. The second-order valence-corrected chi connectivity index (χ2v) is 8.05. The first kappa shape index (κ1) is 17.2. The van der Waals surface area contributed by atoms with Crippen LogP contribution in [0.1, 0.15) is 33.1 Å². The van der Waals surface area contributed by atoms with Crippen LogP contribution in [0.25, 0.3) is 0 Å². The number of rotatable bonds is 2. The van der Waals surface area contributed by atoms with Crippen LogP contribution in [0.3, 0.4) is 0 Å². The standard InChI is InChI=1S/C17H24N2O4S/c1-3-17(20)18-11-9-13-14(10-12-18)23-15-7-5-6-8-16(15)24(21,22)19(13)4-2/h5-8,13-14H,3-4,9-12H2,1-2H3/t13-,14-/m1/s1. The molecule has 0 radical (unpaired) electrons. The van der Waals surface area contributed by atoms with Crippen molar-refractivity contribution in [2.24, 2.45) is 0 Å². The molecule has 1 fully saturated rings. The van der Waals surface area contributed by atoms with Crippen LogP contribution in [0.5, 0.6) is 5.75 Å². The Labute approximate surface area is 143 Å². The molecule has 1 aromatic rings. The van der Waals surface area contributed by atoms with Gasteiger partial charge in [-0.2, -0.15) is 4.31 Å². The third-order valence-corrected chi connectivity index (χ3v) is 6.90. The zero-order valence-electron chi connectivity index (χ0n) is 14.1. The molecule has 0 aromatic heterocycles. The molecule has 24 heavy (non-hydrogen) atoms. The predicted octanol–water partition coefficient (Wildman–Crippen LogP) is 1.86. The number of carbonyl (C=O) groups excluding carboxylic acids is 1. The van der Waals surface area contributed by atoms with E-state index >= 15 is 0 Å². The van der Waals surface area contributed by atoms with Gasteiger partial charge >= 0.3 is 0 Å². The second kappa shape index (κ2) is 6.72. The highest BCUT2D eigenvalue weighted by Crippen LogP contribution is 2.36. The zero-order chi connectivity index (χ0) is 17.3. The maximum absolute atomic E-state index is 13.1. The summed E-state index contributed by atoms with van der Waals surface area (Å²) in [6, 6.07) is 6.57. The molecule has 2 atom stereocenters. The van der Waals surface area contributed by atoms with Crippen molar-refractivity contribution in [3.05, 3.63) is 24.3 Å². The summed E-state index contributed by atoms with van der Waals surface area (Å²) in [5.41, 5.74) is 0. The lowest BCUT2D eigenvalue weighted by Gasteiger charge is -2.30. The SMILES string of the molecule is CCC(=O)N1CC[C@@H]2[C@@H](CC1)Oc1ccccc1S(=O)(=O)N2CC. The minimum absolute atomic E-state index is 0.109. The summed E-state index contributed by atoms with van der Waals surface area (Å²) >= 11 is 0. The lowest BCUT2D eigenvalue weighted by molar-refractivity contribution is -0.130. The third kappa shape index (κ3) is 2.91. The molecular formula is C17H24N2O4S. The Morgan fingerprint density at radius 3 is 2.62 bits per heavy atom. The number of likely N-dealkylation sites (N-methyl/N-ethyl adjacent to an activating group) is 1. The summed E-state index contributed by atoms with van der Waals surface area (Å²) in [5, 5.41) is 0. The topological polar surface area (TPSA) is 66.9 Å². The molecule has 2 aliphatic rings. The van der Waals surface area contributed by atoms with Gasteiger partial charge in [-0.05, 0) is 18.6 Å². The van der Waals surface area contributed by atoms with Crippen LogP contribution < -0.4 is 4.74 Å². The fourth-order valence-electron chi connectivity index (χ4n) is 3.63. The fourth-order valence-corrected chi connectivity index (χ4v) is 5.45. The average Bonchev–Trinajstić information content (AvgIpc) is 2.82. The third-order valence-electron chi connectivity index (χ3n) is 4.86. The van der Waals surface area contributed by atoms with Gasteiger partial charge in [-0.25, -0.2) is 8.42 Å². The number of benzene rings is 1. The van der Waals surface area contributed by atoms with E-state index in [0.717, 1.165) is 0 Å². The highest BCUT2D eigenvalue weighted by Gasteiger charge is 2.42. The van der Waals surface area contributed by atoms with Gasteiger partial charge in [0.1, 0.15) is 16.7 Å². The molecule has 6 nitrogen and oxygen atoms in total. The van der Waals surface area contributed by atoms with Crippen LogP contribution in [0, 0.1) is 0 Å². The minimum atomic E-state index is -3.59. The van der Waals surface area contributed by atoms with Crippen molar-refractivity contribution < 1.29 is 17.9 Å². The van der Waals surface area contributed by atoms with Gasteiger partial charge in [-0.15, -0.1) is 0 Å². The lowest BCUT2D eigenvalue weighted by atomic mass is 10.1. The zero-order valence-corrected chi connectivity index (χ0v) is 15.0. The summed E-state index contributed by atoms with van der Waals surface area (Å²) in [5.74, 6) is 0.525. The quantitative estimate of drug-likeness (QED) is 0.815. The first-order valence-corrected chi connectivity index (χ1v) is 9.98. The number of hydrogen-bond donors (Lipinski definition) is 0. The molecule has 7 heteroatoms. The number of hydrogen-bond acceptors (Lipinski definition) is 4. The van der Waals surface area contributed by atoms with Crippen molar-refractivity contribution in [3.8, 4) is 5.75 Å². The molecule has 132 valence electrons. The Balaban J connectivity index is 1.99. The van der Waals surface area contributed by atoms with E-state index in [2.05, 4.69) is 0 Å². The number of carbonyl (C=O) groups is 1. The van der Waals surface area contributed by atoms with Crippen molar-refractivity contribution in [1.29, 1.82) is 0 Å². The van der Waals surface area contributed by atoms with Crippen molar-refractivity contribution in [2.45, 2.75) is 50.2 Å². The van der Waals surface area contributed by atoms with E-state index in [0.29, 0.717) is 44.6 Å². The molecular weight excluding hydrogens is 328 g/mol. The lowest BCUT2D eigenvalue weighted by Crippen LogP contribution is -2.47. The Morgan fingerprint density at radius 1 is 1.21 bits per heavy atom. The van der Waals surface area contributed by atoms with Crippen LogP contribution in [0.4, 0.5) is 0 Å². The molecule has 0 unspecified atom stereocenters. The first-order chi connectivity index (χ1) is 11.5. The molecule has 1 amide bonds. The van der Waals surface area contributed by atoms with Gasteiger partial charge in [0, 0.05) is 32.5 Å². The Morgan fingerprint density at radius 2 is 1.92 bits per heavy atom. The van der Waals surface area contributed by atoms with Gasteiger partial charge in [0.05, 0.1) is 6.04 Å². The van der Waals surface area contributed by atoms with Crippen molar-refractivity contribution in [2.75, 3.05) is 19.6 Å². The maximum atomic E-state index is 13.1. The summed E-state index contributed by atoms with van der Waals surface area (Å²) in [6.45, 7) is 5.26. The van der Waals surface area contributed by atoms with Crippen molar-refractivity contribution >= 4 is 15.9 Å². The Bertz CT molecular complexity index is 719. The molecule has 0 aliphatic carbocycles. The molecule has 2 aliphatic heterocycles. The predicted molar refractivity (Wildman–Crippen MR) is 90.3 cm³/mol. The van der Waals surface area contributed by atoms with Crippen LogP contribution >= 0.6 is 0 Å². The van der Waals surface area contributed by atoms with E-state index < -0.39 is 10.0 Å². The van der Waals surface area contributed by atoms with Crippen LogP contribution in [0.2, 0.25) is 0 Å². The number of sulfonamides is 1. The second-order valence-electron chi connectivity index (χ2n) is 6.19. The van der Waals surface area contributed by atoms with E-state index in [4.69, 9.17) is 4.74 Å². The van der Waals surface area contributed by atoms with E-state index in [1.54, 1.807) is 28.6 Å². The number of fused-ring (bicyclic) bond motifs is 2. The monoisotopic (exact) mass is 352 g/mol. The number of para-hydroxylation sites is 1.